The fourth-order valence-corrected chi connectivity index (χ4v) is 2.06. The Morgan fingerprint density at radius 2 is 1.79 bits per heavy atom. The van der Waals surface area contributed by atoms with Crippen molar-refractivity contribution in [1.29, 1.82) is 0 Å². The molecule has 0 aromatic heterocycles. The maximum Gasteiger partial charge on any atom is 0.342 e. The summed E-state index contributed by atoms with van der Waals surface area (Å²) in [6.07, 6.45) is -0.281. The minimum absolute atomic E-state index is 0.366. The molecule has 0 heterocycles. The van der Waals surface area contributed by atoms with Crippen LogP contribution in [0.5, 0.6) is 0 Å². The summed E-state index contributed by atoms with van der Waals surface area (Å²) in [5.41, 5.74) is -2.88. The van der Waals surface area contributed by atoms with E-state index in [1.54, 1.807) is 0 Å². The van der Waals surface area contributed by atoms with Gasteiger partial charge in [-0.1, -0.05) is 0 Å². The first kappa shape index (κ1) is 15.1. The first-order valence-corrected chi connectivity index (χ1v) is 5.20. The zero-order chi connectivity index (χ0) is 14.8. The fourth-order valence-electron chi connectivity index (χ4n) is 2.06. The van der Waals surface area contributed by atoms with Gasteiger partial charge in [0, 0.05) is 7.11 Å². The van der Waals surface area contributed by atoms with Gasteiger partial charge in [-0.2, -0.15) is 0 Å². The summed E-state index contributed by atoms with van der Waals surface area (Å²) < 4.78 is 13.7. The van der Waals surface area contributed by atoms with E-state index in [0.29, 0.717) is 0 Å². The number of carboxylic acids is 1. The van der Waals surface area contributed by atoms with E-state index in [9.17, 15) is 19.5 Å². The van der Waals surface area contributed by atoms with Crippen molar-refractivity contribution in [3.8, 4) is 0 Å². The third kappa shape index (κ3) is 2.20. The van der Waals surface area contributed by atoms with E-state index in [1.807, 2.05) is 0 Å². The molecule has 0 aromatic carbocycles. The van der Waals surface area contributed by atoms with Crippen LogP contribution < -0.4 is 0 Å². The van der Waals surface area contributed by atoms with Crippen molar-refractivity contribution in [2.24, 2.45) is 5.92 Å². The lowest BCUT2D eigenvalue weighted by Gasteiger charge is -2.30. The molecule has 0 aromatic rings. The van der Waals surface area contributed by atoms with E-state index < -0.39 is 35.5 Å². The summed E-state index contributed by atoms with van der Waals surface area (Å²) in [5.74, 6) is -5.56. The average Bonchev–Trinajstić information content (AvgIpc) is 2.70. The van der Waals surface area contributed by atoms with E-state index in [0.717, 1.165) is 27.4 Å². The molecule has 8 nitrogen and oxygen atoms in total. The van der Waals surface area contributed by atoms with Gasteiger partial charge in [0.05, 0.1) is 19.8 Å². The lowest BCUT2D eigenvalue weighted by molar-refractivity contribution is -0.185. The number of carboxylic acid groups (broad SMARTS) is 1. The Bertz CT molecular complexity index is 440. The Morgan fingerprint density at radius 3 is 2.16 bits per heavy atom. The van der Waals surface area contributed by atoms with Gasteiger partial charge in [0.1, 0.15) is 12.0 Å². The summed E-state index contributed by atoms with van der Waals surface area (Å²) in [5, 5.41) is 19.5. The number of hydrogen-bond donors (Lipinski definition) is 2. The molecule has 0 amide bonds. The van der Waals surface area contributed by atoms with Crippen LogP contribution in [0.15, 0.2) is 11.6 Å². The zero-order valence-electron chi connectivity index (χ0n) is 10.6. The lowest BCUT2D eigenvalue weighted by Crippen LogP contribution is -2.55. The molecule has 1 rings (SSSR count). The predicted octanol–water partition coefficient (Wildman–Crippen LogP) is -1.28. The van der Waals surface area contributed by atoms with Crippen molar-refractivity contribution in [2.45, 2.75) is 11.7 Å². The Balaban J connectivity index is 3.36. The highest BCUT2D eigenvalue weighted by atomic mass is 16.6. The molecule has 0 bridgehead atoms. The van der Waals surface area contributed by atoms with Gasteiger partial charge in [0.15, 0.2) is 0 Å². The topological polar surface area (TPSA) is 119 Å². The molecule has 2 N–H and O–H groups in total. The van der Waals surface area contributed by atoms with E-state index >= 15 is 0 Å². The first-order chi connectivity index (χ1) is 8.84. The van der Waals surface area contributed by atoms with Crippen LogP contribution in [0.2, 0.25) is 0 Å². The second-order valence-electron chi connectivity index (χ2n) is 3.86. The van der Waals surface area contributed by atoms with Crippen LogP contribution in [-0.4, -0.2) is 61.2 Å². The van der Waals surface area contributed by atoms with Crippen LogP contribution in [0.25, 0.3) is 0 Å². The first-order valence-electron chi connectivity index (χ1n) is 5.20. The SMILES string of the molecule is COC(=O)C1=C[C@@H](OC)[C@@](O)(C(=O)OC)[C@@H]1C(=O)O. The van der Waals surface area contributed by atoms with Gasteiger partial charge < -0.3 is 24.4 Å². The van der Waals surface area contributed by atoms with Crippen LogP contribution in [0.1, 0.15) is 0 Å². The van der Waals surface area contributed by atoms with E-state index in [-0.39, 0.29) is 5.57 Å². The second-order valence-corrected chi connectivity index (χ2v) is 3.86. The number of ether oxygens (including phenoxy) is 3. The van der Waals surface area contributed by atoms with E-state index in [2.05, 4.69) is 9.47 Å². The van der Waals surface area contributed by atoms with E-state index in [1.165, 1.54) is 0 Å². The van der Waals surface area contributed by atoms with Gasteiger partial charge >= 0.3 is 17.9 Å². The molecule has 1 aliphatic rings. The molecule has 106 valence electrons. The molecule has 19 heavy (non-hydrogen) atoms. The molecular formula is C11H14O8. The largest absolute Gasteiger partial charge is 0.481 e. The molecule has 0 radical (unpaired) electrons. The van der Waals surface area contributed by atoms with Crippen molar-refractivity contribution >= 4 is 17.9 Å². The quantitative estimate of drug-likeness (QED) is 0.608. The summed E-state index contributed by atoms with van der Waals surface area (Å²) >= 11 is 0. The number of rotatable bonds is 4. The van der Waals surface area contributed by atoms with Crippen LogP contribution >= 0.6 is 0 Å². The second kappa shape index (κ2) is 5.37. The van der Waals surface area contributed by atoms with Crippen molar-refractivity contribution in [3.05, 3.63) is 11.6 Å². The highest BCUT2D eigenvalue weighted by Gasteiger charge is 2.61. The van der Waals surface area contributed by atoms with Crippen molar-refractivity contribution in [3.63, 3.8) is 0 Å². The molecule has 8 heteroatoms. The highest BCUT2D eigenvalue weighted by Crippen LogP contribution is 2.39. The van der Waals surface area contributed by atoms with Crippen molar-refractivity contribution in [1.82, 2.24) is 0 Å². The Kier molecular flexibility index (Phi) is 4.28. The molecule has 0 aliphatic heterocycles. The van der Waals surface area contributed by atoms with Gasteiger partial charge in [-0.15, -0.1) is 0 Å². The maximum atomic E-state index is 11.7. The average molecular weight is 274 g/mol. The molecule has 0 spiro atoms. The number of carbonyl (C=O) groups excluding carboxylic acids is 2. The minimum atomic E-state index is -2.52. The predicted molar refractivity (Wildman–Crippen MR) is 59.0 cm³/mol. The molecule has 1 aliphatic carbocycles. The smallest absolute Gasteiger partial charge is 0.342 e. The third-order valence-corrected chi connectivity index (χ3v) is 2.95. The highest BCUT2D eigenvalue weighted by molar-refractivity contribution is 6.02. The van der Waals surface area contributed by atoms with Crippen LogP contribution in [0.3, 0.4) is 0 Å². The van der Waals surface area contributed by atoms with Crippen LogP contribution in [-0.2, 0) is 28.6 Å². The van der Waals surface area contributed by atoms with E-state index in [4.69, 9.17) is 9.84 Å². The minimum Gasteiger partial charge on any atom is -0.481 e. The number of aliphatic hydroxyl groups is 1. The van der Waals surface area contributed by atoms with Crippen molar-refractivity contribution in [2.75, 3.05) is 21.3 Å². The van der Waals surface area contributed by atoms with Crippen LogP contribution in [0, 0.1) is 5.92 Å². The monoisotopic (exact) mass is 274 g/mol. The van der Waals surface area contributed by atoms with Gasteiger partial charge in [-0.05, 0) is 6.08 Å². The molecule has 3 atom stereocenters. The number of esters is 2. The summed E-state index contributed by atoms with van der Waals surface area (Å²) in [7, 11) is 3.20. The van der Waals surface area contributed by atoms with Crippen molar-refractivity contribution < 1.29 is 38.8 Å². The summed E-state index contributed by atoms with van der Waals surface area (Å²) in [6.45, 7) is 0. The Labute approximate surface area is 108 Å². The number of aliphatic carboxylic acids is 1. The Hall–Kier alpha value is -1.93. The van der Waals surface area contributed by atoms with Gasteiger partial charge in [-0.3, -0.25) is 4.79 Å². The normalized spacial score (nSPS) is 29.6. The number of carbonyl (C=O) groups is 3. The maximum absolute atomic E-state index is 11.7. The summed E-state index contributed by atoms with van der Waals surface area (Å²) in [4.78, 5) is 34.4. The molecule has 0 fully saturated rings. The standard InChI is InChI=1S/C11H14O8/c1-17-6-4-5(9(14)18-2)7(8(12)13)11(6,16)10(15)19-3/h4,6-7,16H,1-3H3,(H,12,13)/t6-,7+,11+/m1/s1. The van der Waals surface area contributed by atoms with Crippen LogP contribution in [0.4, 0.5) is 0 Å². The van der Waals surface area contributed by atoms with Gasteiger partial charge in [-0.25, -0.2) is 9.59 Å². The fraction of sp³-hybridized carbons (Fsp3) is 0.545. The molecular weight excluding hydrogens is 260 g/mol. The van der Waals surface area contributed by atoms with Gasteiger partial charge in [0.2, 0.25) is 5.60 Å². The molecule has 0 unspecified atom stereocenters. The number of hydrogen-bond acceptors (Lipinski definition) is 7. The molecule has 0 saturated carbocycles. The number of methoxy groups -OCH3 is 3. The lowest BCUT2D eigenvalue weighted by atomic mass is 9.85. The Morgan fingerprint density at radius 1 is 1.21 bits per heavy atom. The molecule has 0 saturated heterocycles. The third-order valence-electron chi connectivity index (χ3n) is 2.95. The van der Waals surface area contributed by atoms with Gasteiger partial charge in [0.25, 0.3) is 0 Å². The zero-order valence-corrected chi connectivity index (χ0v) is 10.6. The summed E-state index contributed by atoms with van der Waals surface area (Å²) in [6, 6.07) is 0.